The Balaban J connectivity index is 1.92. The van der Waals surface area contributed by atoms with E-state index in [2.05, 4.69) is 5.32 Å². The number of amides is 3. The van der Waals surface area contributed by atoms with Gasteiger partial charge in [0.05, 0.1) is 19.4 Å². The maximum Gasteiger partial charge on any atom is 0.409 e. The number of nitrogens with one attached hydrogen (secondary N) is 1. The minimum atomic E-state index is -0.318. The van der Waals surface area contributed by atoms with Crippen molar-refractivity contribution in [3.8, 4) is 5.75 Å². The second-order valence-electron chi connectivity index (χ2n) is 6.30. The lowest BCUT2D eigenvalue weighted by molar-refractivity contribution is -0.123. The zero-order chi connectivity index (χ0) is 19.8. The highest BCUT2D eigenvalue weighted by atomic mass is 16.6. The quantitative estimate of drug-likeness (QED) is 0.816. The van der Waals surface area contributed by atoms with Gasteiger partial charge in [0.1, 0.15) is 12.3 Å². The van der Waals surface area contributed by atoms with Gasteiger partial charge in [0.25, 0.3) is 0 Å². The van der Waals surface area contributed by atoms with E-state index < -0.39 is 0 Å². The van der Waals surface area contributed by atoms with Crippen LogP contribution >= 0.6 is 0 Å². The molecule has 0 spiro atoms. The summed E-state index contributed by atoms with van der Waals surface area (Å²) in [6.45, 7) is 4.51. The fourth-order valence-electron chi connectivity index (χ4n) is 3.06. The van der Waals surface area contributed by atoms with Crippen LogP contribution in [-0.2, 0) is 14.3 Å². The summed E-state index contributed by atoms with van der Waals surface area (Å²) < 4.78 is 10.3. The standard InChI is InChI=1S/C19H27N3O5/c1-4-27-19(25)21-11-9-15(10-12-21)20-18(24)13-22(14(2)23)16-7-5-6-8-17(16)26-3/h5-8,15H,4,9-13H2,1-3H3,(H,20,24). The van der Waals surface area contributed by atoms with Crippen molar-refractivity contribution >= 4 is 23.6 Å². The summed E-state index contributed by atoms with van der Waals surface area (Å²) in [5.41, 5.74) is 0.555. The zero-order valence-corrected chi connectivity index (χ0v) is 16.1. The summed E-state index contributed by atoms with van der Waals surface area (Å²) in [5.74, 6) is 0.0423. The number of piperidine rings is 1. The van der Waals surface area contributed by atoms with Crippen molar-refractivity contribution in [3.05, 3.63) is 24.3 Å². The molecule has 1 N–H and O–H groups in total. The Morgan fingerprint density at radius 2 is 1.89 bits per heavy atom. The second-order valence-corrected chi connectivity index (χ2v) is 6.30. The Morgan fingerprint density at radius 1 is 1.22 bits per heavy atom. The summed E-state index contributed by atoms with van der Waals surface area (Å²) >= 11 is 0. The number of carbonyl (C=O) groups is 3. The molecule has 1 aliphatic rings. The summed E-state index contributed by atoms with van der Waals surface area (Å²) in [6, 6.07) is 7.05. The molecule has 148 valence electrons. The molecule has 0 aromatic heterocycles. The van der Waals surface area contributed by atoms with E-state index in [1.165, 1.54) is 18.9 Å². The third kappa shape index (κ3) is 5.60. The molecule has 2 rings (SSSR count). The predicted octanol–water partition coefficient (Wildman–Crippen LogP) is 1.79. The highest BCUT2D eigenvalue weighted by molar-refractivity contribution is 5.98. The number of likely N-dealkylation sites (tertiary alicyclic amines) is 1. The van der Waals surface area contributed by atoms with E-state index in [1.807, 2.05) is 0 Å². The monoisotopic (exact) mass is 377 g/mol. The maximum atomic E-state index is 12.5. The summed E-state index contributed by atoms with van der Waals surface area (Å²) in [6.07, 6.45) is 0.986. The van der Waals surface area contributed by atoms with E-state index in [0.29, 0.717) is 44.0 Å². The Bertz CT molecular complexity index is 671. The smallest absolute Gasteiger partial charge is 0.409 e. The van der Waals surface area contributed by atoms with Gasteiger partial charge >= 0.3 is 6.09 Å². The van der Waals surface area contributed by atoms with E-state index in [-0.39, 0.29) is 30.5 Å². The van der Waals surface area contributed by atoms with Crippen LogP contribution in [0, 0.1) is 0 Å². The van der Waals surface area contributed by atoms with Crippen molar-refractivity contribution in [3.63, 3.8) is 0 Å². The molecular formula is C19H27N3O5. The van der Waals surface area contributed by atoms with Crippen LogP contribution in [0.3, 0.4) is 0 Å². The van der Waals surface area contributed by atoms with Gasteiger partial charge in [0, 0.05) is 26.1 Å². The number of anilines is 1. The highest BCUT2D eigenvalue weighted by Gasteiger charge is 2.26. The first-order valence-electron chi connectivity index (χ1n) is 9.08. The molecule has 1 fully saturated rings. The summed E-state index contributed by atoms with van der Waals surface area (Å²) in [7, 11) is 1.52. The molecule has 3 amide bonds. The second kappa shape index (κ2) is 9.80. The van der Waals surface area contributed by atoms with Gasteiger partial charge in [-0.2, -0.15) is 0 Å². The molecule has 8 nitrogen and oxygen atoms in total. The maximum absolute atomic E-state index is 12.5. The topological polar surface area (TPSA) is 88.2 Å². The molecule has 1 aromatic rings. The molecule has 0 unspecified atom stereocenters. The molecule has 0 atom stereocenters. The molecule has 27 heavy (non-hydrogen) atoms. The SMILES string of the molecule is CCOC(=O)N1CCC(NC(=O)CN(C(C)=O)c2ccccc2OC)CC1. The molecule has 1 aliphatic heterocycles. The van der Waals surface area contributed by atoms with E-state index >= 15 is 0 Å². The molecule has 8 heteroatoms. The Morgan fingerprint density at radius 3 is 2.48 bits per heavy atom. The van der Waals surface area contributed by atoms with Crippen molar-refractivity contribution in [1.82, 2.24) is 10.2 Å². The van der Waals surface area contributed by atoms with Gasteiger partial charge in [-0.25, -0.2) is 4.79 Å². The number of rotatable bonds is 6. The number of para-hydroxylation sites is 2. The lowest BCUT2D eigenvalue weighted by Crippen LogP contribution is -2.49. The average Bonchev–Trinajstić information content (AvgIpc) is 2.66. The van der Waals surface area contributed by atoms with Gasteiger partial charge in [-0.15, -0.1) is 0 Å². The van der Waals surface area contributed by atoms with E-state index in [1.54, 1.807) is 36.1 Å². The molecule has 0 bridgehead atoms. The minimum Gasteiger partial charge on any atom is -0.495 e. The first-order valence-corrected chi connectivity index (χ1v) is 9.08. The molecule has 0 saturated carbocycles. The number of hydrogen-bond donors (Lipinski definition) is 1. The fourth-order valence-corrected chi connectivity index (χ4v) is 3.06. The number of hydrogen-bond acceptors (Lipinski definition) is 5. The van der Waals surface area contributed by atoms with Gasteiger partial charge in [0.2, 0.25) is 11.8 Å². The van der Waals surface area contributed by atoms with Crippen LogP contribution in [0.1, 0.15) is 26.7 Å². The largest absolute Gasteiger partial charge is 0.495 e. The third-order valence-corrected chi connectivity index (χ3v) is 4.44. The highest BCUT2D eigenvalue weighted by Crippen LogP contribution is 2.27. The van der Waals surface area contributed by atoms with E-state index in [9.17, 15) is 14.4 Å². The van der Waals surface area contributed by atoms with Gasteiger partial charge in [-0.3, -0.25) is 14.5 Å². The van der Waals surface area contributed by atoms with Gasteiger partial charge < -0.3 is 19.7 Å². The molecule has 1 heterocycles. The molecular weight excluding hydrogens is 350 g/mol. The average molecular weight is 377 g/mol. The van der Waals surface area contributed by atoms with Crippen molar-refractivity contribution in [2.45, 2.75) is 32.7 Å². The first-order chi connectivity index (χ1) is 13.0. The van der Waals surface area contributed by atoms with Crippen LogP contribution < -0.4 is 15.0 Å². The third-order valence-electron chi connectivity index (χ3n) is 4.44. The first kappa shape index (κ1) is 20.5. The van der Waals surface area contributed by atoms with Crippen molar-refractivity contribution in [1.29, 1.82) is 0 Å². The van der Waals surface area contributed by atoms with Gasteiger partial charge in [-0.1, -0.05) is 12.1 Å². The van der Waals surface area contributed by atoms with Crippen molar-refractivity contribution < 1.29 is 23.9 Å². The Hall–Kier alpha value is -2.77. The summed E-state index contributed by atoms with van der Waals surface area (Å²) in [5, 5.41) is 2.95. The van der Waals surface area contributed by atoms with Crippen LogP contribution in [0.5, 0.6) is 5.75 Å². The lowest BCUT2D eigenvalue weighted by atomic mass is 10.1. The number of carbonyl (C=O) groups excluding carboxylic acids is 3. The predicted molar refractivity (Wildman–Crippen MR) is 101 cm³/mol. The van der Waals surface area contributed by atoms with Crippen molar-refractivity contribution in [2.75, 3.05) is 38.3 Å². The number of nitrogens with zero attached hydrogens (tertiary/aromatic N) is 2. The fraction of sp³-hybridized carbons (Fsp3) is 0.526. The molecule has 0 radical (unpaired) electrons. The number of ether oxygens (including phenoxy) is 2. The zero-order valence-electron chi connectivity index (χ0n) is 16.1. The van der Waals surface area contributed by atoms with E-state index in [4.69, 9.17) is 9.47 Å². The molecule has 0 aliphatic carbocycles. The van der Waals surface area contributed by atoms with Crippen LogP contribution in [-0.4, -0.2) is 62.2 Å². The number of benzene rings is 1. The lowest BCUT2D eigenvalue weighted by Gasteiger charge is -2.32. The Kier molecular flexibility index (Phi) is 7.45. The van der Waals surface area contributed by atoms with E-state index in [0.717, 1.165) is 0 Å². The number of methoxy groups -OCH3 is 1. The van der Waals surface area contributed by atoms with Crippen LogP contribution in [0.4, 0.5) is 10.5 Å². The van der Waals surface area contributed by atoms with Gasteiger partial charge in [-0.05, 0) is 31.9 Å². The summed E-state index contributed by atoms with van der Waals surface area (Å²) in [4.78, 5) is 39.3. The Labute approximate surface area is 159 Å². The van der Waals surface area contributed by atoms with Crippen molar-refractivity contribution in [2.24, 2.45) is 0 Å². The normalized spacial score (nSPS) is 14.4. The van der Waals surface area contributed by atoms with Crippen LogP contribution in [0.2, 0.25) is 0 Å². The molecule has 1 saturated heterocycles. The minimum absolute atomic E-state index is 0.0327. The van der Waals surface area contributed by atoms with Crippen LogP contribution in [0.15, 0.2) is 24.3 Å². The van der Waals surface area contributed by atoms with Gasteiger partial charge in [0.15, 0.2) is 0 Å². The van der Waals surface area contributed by atoms with Crippen LogP contribution in [0.25, 0.3) is 0 Å². The molecule has 1 aromatic carbocycles.